The summed E-state index contributed by atoms with van der Waals surface area (Å²) >= 11 is 0. The maximum atomic E-state index is 3.84. The summed E-state index contributed by atoms with van der Waals surface area (Å²) in [7, 11) is 0. The average molecular weight is 277 g/mol. The first-order chi connectivity index (χ1) is 10.3. The molecule has 1 nitrogen and oxygen atoms in total. The number of anilines is 1. The summed E-state index contributed by atoms with van der Waals surface area (Å²) in [5, 5.41) is 0. The fourth-order valence-corrected chi connectivity index (χ4v) is 2.54. The standard InChI is InChI=1S/C20H23N/c1-4-10-20(17-11-8-7-9-12-17)18-13-15-19(16-14-18)21(5-2)6-3/h4,7-16H,1,5-6H2,2-3H3/b20-10+. The number of rotatable bonds is 6. The lowest BCUT2D eigenvalue weighted by molar-refractivity contribution is 0.866. The van der Waals surface area contributed by atoms with E-state index in [1.165, 1.54) is 22.4 Å². The fraction of sp³-hybridized carbons (Fsp3) is 0.200. The highest BCUT2D eigenvalue weighted by Gasteiger charge is 2.06. The SMILES string of the molecule is C=C/C=C(\c1ccccc1)c1ccc(N(CC)CC)cc1. The Morgan fingerprint density at radius 2 is 1.48 bits per heavy atom. The number of allylic oxidation sites excluding steroid dienone is 2. The third-order valence-electron chi connectivity index (χ3n) is 3.68. The van der Waals surface area contributed by atoms with Crippen LogP contribution in [0.25, 0.3) is 5.57 Å². The van der Waals surface area contributed by atoms with Gasteiger partial charge in [-0.15, -0.1) is 0 Å². The Kier molecular flexibility index (Phi) is 5.39. The summed E-state index contributed by atoms with van der Waals surface area (Å²) in [5.41, 5.74) is 4.91. The van der Waals surface area contributed by atoms with Crippen LogP contribution in [0.5, 0.6) is 0 Å². The van der Waals surface area contributed by atoms with Crippen LogP contribution in [0, 0.1) is 0 Å². The molecule has 0 aliphatic heterocycles. The predicted molar refractivity (Wildman–Crippen MR) is 93.7 cm³/mol. The van der Waals surface area contributed by atoms with Crippen molar-refractivity contribution in [2.75, 3.05) is 18.0 Å². The lowest BCUT2D eigenvalue weighted by Crippen LogP contribution is -2.21. The summed E-state index contributed by atoms with van der Waals surface area (Å²) in [5.74, 6) is 0. The smallest absolute Gasteiger partial charge is 0.0366 e. The lowest BCUT2D eigenvalue weighted by Gasteiger charge is -2.21. The molecule has 0 aliphatic rings. The molecule has 0 atom stereocenters. The molecule has 0 aromatic heterocycles. The normalized spacial score (nSPS) is 11.2. The second-order valence-electron chi connectivity index (χ2n) is 4.90. The monoisotopic (exact) mass is 277 g/mol. The zero-order chi connectivity index (χ0) is 15.1. The number of benzene rings is 2. The molecule has 0 bridgehead atoms. The van der Waals surface area contributed by atoms with Gasteiger partial charge in [-0.25, -0.2) is 0 Å². The van der Waals surface area contributed by atoms with Crippen LogP contribution in [0.3, 0.4) is 0 Å². The number of hydrogen-bond donors (Lipinski definition) is 0. The Labute approximate surface area is 128 Å². The average Bonchev–Trinajstić information content (AvgIpc) is 2.55. The minimum Gasteiger partial charge on any atom is -0.372 e. The van der Waals surface area contributed by atoms with Gasteiger partial charge in [0.15, 0.2) is 0 Å². The van der Waals surface area contributed by atoms with E-state index in [-0.39, 0.29) is 0 Å². The molecule has 2 aromatic rings. The Morgan fingerprint density at radius 3 is 2.00 bits per heavy atom. The Bertz CT molecular complexity index is 589. The molecular formula is C20H23N. The molecule has 1 heteroatoms. The van der Waals surface area contributed by atoms with E-state index >= 15 is 0 Å². The molecule has 0 radical (unpaired) electrons. The first kappa shape index (κ1) is 15.1. The third kappa shape index (κ3) is 3.63. The fourth-order valence-electron chi connectivity index (χ4n) is 2.54. The molecule has 0 saturated carbocycles. The van der Waals surface area contributed by atoms with Gasteiger partial charge in [-0.3, -0.25) is 0 Å². The molecule has 2 rings (SSSR count). The van der Waals surface area contributed by atoms with Gasteiger partial charge in [-0.2, -0.15) is 0 Å². The molecule has 0 N–H and O–H groups in total. The summed E-state index contributed by atoms with van der Waals surface area (Å²) in [6.45, 7) is 10.3. The molecule has 0 amide bonds. The van der Waals surface area contributed by atoms with Crippen LogP contribution >= 0.6 is 0 Å². The van der Waals surface area contributed by atoms with Gasteiger partial charge < -0.3 is 4.90 Å². The van der Waals surface area contributed by atoms with Gasteiger partial charge in [0.1, 0.15) is 0 Å². The van der Waals surface area contributed by atoms with Crippen LogP contribution < -0.4 is 4.90 Å². The van der Waals surface area contributed by atoms with Crippen LogP contribution in [0.4, 0.5) is 5.69 Å². The highest BCUT2D eigenvalue weighted by Crippen LogP contribution is 2.25. The van der Waals surface area contributed by atoms with Crippen LogP contribution in [0.15, 0.2) is 73.3 Å². The van der Waals surface area contributed by atoms with Gasteiger partial charge in [0.2, 0.25) is 0 Å². The van der Waals surface area contributed by atoms with E-state index in [9.17, 15) is 0 Å². The minimum absolute atomic E-state index is 1.03. The van der Waals surface area contributed by atoms with Crippen molar-refractivity contribution in [2.45, 2.75) is 13.8 Å². The molecule has 0 fully saturated rings. The molecule has 0 unspecified atom stereocenters. The van der Waals surface area contributed by atoms with E-state index in [2.05, 4.69) is 79.9 Å². The second-order valence-corrected chi connectivity index (χ2v) is 4.90. The van der Waals surface area contributed by atoms with Gasteiger partial charge in [-0.05, 0) is 42.7 Å². The molecular weight excluding hydrogens is 254 g/mol. The van der Waals surface area contributed by atoms with E-state index in [0.29, 0.717) is 0 Å². The third-order valence-corrected chi connectivity index (χ3v) is 3.68. The molecule has 0 aliphatic carbocycles. The molecule has 0 spiro atoms. The van der Waals surface area contributed by atoms with Gasteiger partial charge >= 0.3 is 0 Å². The van der Waals surface area contributed by atoms with Crippen molar-refractivity contribution < 1.29 is 0 Å². The quantitative estimate of drug-likeness (QED) is 0.660. The van der Waals surface area contributed by atoms with Crippen molar-refractivity contribution in [3.05, 3.63) is 84.5 Å². The first-order valence-corrected chi connectivity index (χ1v) is 7.53. The van der Waals surface area contributed by atoms with Gasteiger partial charge in [0, 0.05) is 18.8 Å². The highest BCUT2D eigenvalue weighted by atomic mass is 15.1. The summed E-state index contributed by atoms with van der Waals surface area (Å²) in [6.07, 6.45) is 3.92. The molecule has 0 heterocycles. The van der Waals surface area contributed by atoms with Crippen molar-refractivity contribution in [3.63, 3.8) is 0 Å². The minimum atomic E-state index is 1.03. The van der Waals surface area contributed by atoms with E-state index in [1.54, 1.807) is 0 Å². The maximum absolute atomic E-state index is 3.84. The van der Waals surface area contributed by atoms with E-state index in [1.807, 2.05) is 12.1 Å². The number of hydrogen-bond acceptors (Lipinski definition) is 1. The Morgan fingerprint density at radius 1 is 0.905 bits per heavy atom. The lowest BCUT2D eigenvalue weighted by atomic mass is 9.97. The summed E-state index contributed by atoms with van der Waals surface area (Å²) in [6, 6.07) is 19.2. The number of nitrogens with zero attached hydrogens (tertiary/aromatic N) is 1. The first-order valence-electron chi connectivity index (χ1n) is 7.53. The summed E-state index contributed by atoms with van der Waals surface area (Å²) in [4.78, 5) is 2.35. The van der Waals surface area contributed by atoms with Crippen LogP contribution in [0.1, 0.15) is 25.0 Å². The molecule has 2 aromatic carbocycles. The largest absolute Gasteiger partial charge is 0.372 e. The Hall–Kier alpha value is -2.28. The zero-order valence-corrected chi connectivity index (χ0v) is 12.9. The maximum Gasteiger partial charge on any atom is 0.0366 e. The van der Waals surface area contributed by atoms with Crippen molar-refractivity contribution in [3.8, 4) is 0 Å². The van der Waals surface area contributed by atoms with Crippen LogP contribution in [-0.2, 0) is 0 Å². The van der Waals surface area contributed by atoms with Crippen LogP contribution in [0.2, 0.25) is 0 Å². The van der Waals surface area contributed by atoms with Gasteiger partial charge in [0.25, 0.3) is 0 Å². The van der Waals surface area contributed by atoms with Crippen molar-refractivity contribution in [2.24, 2.45) is 0 Å². The van der Waals surface area contributed by atoms with Crippen LogP contribution in [-0.4, -0.2) is 13.1 Å². The predicted octanol–water partition coefficient (Wildman–Crippen LogP) is 5.15. The van der Waals surface area contributed by atoms with Gasteiger partial charge in [-0.1, -0.05) is 61.2 Å². The molecule has 108 valence electrons. The second kappa shape index (κ2) is 7.49. The molecule has 21 heavy (non-hydrogen) atoms. The molecule has 0 saturated heterocycles. The van der Waals surface area contributed by atoms with Crippen molar-refractivity contribution in [1.82, 2.24) is 0 Å². The summed E-state index contributed by atoms with van der Waals surface area (Å²) < 4.78 is 0. The van der Waals surface area contributed by atoms with Crippen molar-refractivity contribution in [1.29, 1.82) is 0 Å². The highest BCUT2D eigenvalue weighted by molar-refractivity contribution is 5.81. The zero-order valence-electron chi connectivity index (χ0n) is 12.9. The van der Waals surface area contributed by atoms with E-state index < -0.39 is 0 Å². The van der Waals surface area contributed by atoms with E-state index in [4.69, 9.17) is 0 Å². The Balaban J connectivity index is 2.35. The van der Waals surface area contributed by atoms with Gasteiger partial charge in [0.05, 0.1) is 0 Å². The topological polar surface area (TPSA) is 3.24 Å². The van der Waals surface area contributed by atoms with E-state index in [0.717, 1.165) is 13.1 Å². The van der Waals surface area contributed by atoms with Crippen molar-refractivity contribution >= 4 is 11.3 Å².